The summed E-state index contributed by atoms with van der Waals surface area (Å²) in [5, 5.41) is 0. The number of nitrogens with zero attached hydrogens (tertiary/aromatic N) is 1. The first-order valence-corrected chi connectivity index (χ1v) is 7.96. The lowest BCUT2D eigenvalue weighted by Gasteiger charge is -2.37. The molecule has 2 atom stereocenters. The van der Waals surface area contributed by atoms with Gasteiger partial charge >= 0.3 is 0 Å². The first-order chi connectivity index (χ1) is 10.1. The van der Waals surface area contributed by atoms with E-state index in [4.69, 9.17) is 11.5 Å². The highest BCUT2D eigenvalue weighted by molar-refractivity contribution is 5.85. The molecule has 4 N–H and O–H groups in total. The molecule has 1 aromatic carbocycles. The van der Waals surface area contributed by atoms with E-state index in [0.29, 0.717) is 12.5 Å². The first kappa shape index (κ1) is 16.0. The average molecular weight is 289 g/mol. The Morgan fingerprint density at radius 2 is 2.05 bits per heavy atom. The predicted octanol–water partition coefficient (Wildman–Crippen LogP) is 1.98. The SMILES string of the molecule is CCC1CCCCN1CCC(N)(C(N)=O)c1ccccc1. The highest BCUT2D eigenvalue weighted by Gasteiger charge is 2.35. The van der Waals surface area contributed by atoms with Gasteiger partial charge in [-0.15, -0.1) is 0 Å². The molecule has 1 aromatic rings. The molecule has 1 aliphatic heterocycles. The summed E-state index contributed by atoms with van der Waals surface area (Å²) in [5.74, 6) is -0.446. The first-order valence-electron chi connectivity index (χ1n) is 7.96. The van der Waals surface area contributed by atoms with Gasteiger partial charge < -0.3 is 16.4 Å². The Bertz CT molecular complexity index is 462. The van der Waals surface area contributed by atoms with Crippen molar-refractivity contribution in [3.05, 3.63) is 35.9 Å². The molecule has 1 fully saturated rings. The monoisotopic (exact) mass is 289 g/mol. The molecule has 0 aromatic heterocycles. The van der Waals surface area contributed by atoms with Gasteiger partial charge in [-0.1, -0.05) is 43.7 Å². The zero-order valence-corrected chi connectivity index (χ0v) is 12.9. The van der Waals surface area contributed by atoms with Gasteiger partial charge in [-0.3, -0.25) is 4.79 Å². The van der Waals surface area contributed by atoms with Gasteiger partial charge in [0.05, 0.1) is 0 Å². The van der Waals surface area contributed by atoms with Crippen LogP contribution in [0.4, 0.5) is 0 Å². The van der Waals surface area contributed by atoms with Crippen molar-refractivity contribution in [2.45, 2.75) is 50.6 Å². The van der Waals surface area contributed by atoms with Crippen molar-refractivity contribution >= 4 is 5.91 Å². The van der Waals surface area contributed by atoms with E-state index in [9.17, 15) is 4.79 Å². The quantitative estimate of drug-likeness (QED) is 0.841. The maximum absolute atomic E-state index is 11.9. The summed E-state index contributed by atoms with van der Waals surface area (Å²) < 4.78 is 0. The maximum atomic E-state index is 11.9. The standard InChI is InChI=1S/C17H27N3O/c1-2-15-10-6-7-12-20(15)13-11-17(19,16(18)21)14-8-4-3-5-9-14/h3-5,8-9,15H,2,6-7,10-13,19H2,1H3,(H2,18,21). The van der Waals surface area contributed by atoms with E-state index in [-0.39, 0.29) is 0 Å². The highest BCUT2D eigenvalue weighted by atomic mass is 16.1. The molecule has 0 spiro atoms. The third kappa shape index (κ3) is 3.63. The second-order valence-corrected chi connectivity index (χ2v) is 6.05. The number of nitrogens with two attached hydrogens (primary N) is 2. The van der Waals surface area contributed by atoms with Crippen LogP contribution in [0, 0.1) is 0 Å². The summed E-state index contributed by atoms with van der Waals surface area (Å²) in [4.78, 5) is 14.4. The molecule has 4 nitrogen and oxygen atoms in total. The van der Waals surface area contributed by atoms with Crippen LogP contribution in [0.15, 0.2) is 30.3 Å². The lowest BCUT2D eigenvalue weighted by molar-refractivity contribution is -0.124. The minimum absolute atomic E-state index is 0.446. The van der Waals surface area contributed by atoms with Crippen molar-refractivity contribution in [3.8, 4) is 0 Å². The van der Waals surface area contributed by atoms with Crippen LogP contribution in [0.1, 0.15) is 44.6 Å². The second kappa shape index (κ2) is 7.05. The summed E-state index contributed by atoms with van der Waals surface area (Å²) in [6.07, 6.45) is 5.51. The number of carbonyl (C=O) groups excluding carboxylic acids is 1. The largest absolute Gasteiger partial charge is 0.368 e. The van der Waals surface area contributed by atoms with Gasteiger partial charge in [-0.2, -0.15) is 0 Å². The molecule has 0 bridgehead atoms. The fourth-order valence-electron chi connectivity index (χ4n) is 3.28. The van der Waals surface area contributed by atoms with Crippen LogP contribution in [-0.2, 0) is 10.3 Å². The zero-order valence-electron chi connectivity index (χ0n) is 12.9. The van der Waals surface area contributed by atoms with Crippen LogP contribution < -0.4 is 11.5 Å². The molecular formula is C17H27N3O. The van der Waals surface area contributed by atoms with E-state index >= 15 is 0 Å². The third-order valence-electron chi connectivity index (χ3n) is 4.74. The molecule has 2 unspecified atom stereocenters. The zero-order chi connectivity index (χ0) is 15.3. The molecule has 1 amide bonds. The fourth-order valence-corrected chi connectivity index (χ4v) is 3.28. The van der Waals surface area contributed by atoms with Crippen molar-refractivity contribution in [1.29, 1.82) is 0 Å². The number of carbonyl (C=O) groups is 1. The van der Waals surface area contributed by atoms with Gasteiger partial charge in [0.15, 0.2) is 0 Å². The molecule has 21 heavy (non-hydrogen) atoms. The lowest BCUT2D eigenvalue weighted by Crippen LogP contribution is -2.52. The molecule has 4 heteroatoms. The summed E-state index contributed by atoms with van der Waals surface area (Å²) in [7, 11) is 0. The van der Waals surface area contributed by atoms with Gasteiger partial charge in [0.25, 0.3) is 0 Å². The van der Waals surface area contributed by atoms with Crippen LogP contribution in [-0.4, -0.2) is 29.9 Å². The van der Waals surface area contributed by atoms with Crippen LogP contribution >= 0.6 is 0 Å². The molecule has 1 heterocycles. The smallest absolute Gasteiger partial charge is 0.242 e. The van der Waals surface area contributed by atoms with Gasteiger partial charge in [0.2, 0.25) is 5.91 Å². The average Bonchev–Trinajstić information content (AvgIpc) is 2.53. The van der Waals surface area contributed by atoms with E-state index in [1.54, 1.807) is 0 Å². The third-order valence-corrected chi connectivity index (χ3v) is 4.74. The van der Waals surface area contributed by atoms with E-state index in [1.165, 1.54) is 19.3 Å². The molecule has 1 aliphatic rings. The van der Waals surface area contributed by atoms with Gasteiger partial charge in [-0.25, -0.2) is 0 Å². The highest BCUT2D eigenvalue weighted by Crippen LogP contribution is 2.25. The summed E-state index contributed by atoms with van der Waals surface area (Å²) in [6, 6.07) is 10.1. The molecule has 116 valence electrons. The summed E-state index contributed by atoms with van der Waals surface area (Å²) in [5.41, 5.74) is 11.7. The number of rotatable bonds is 6. The number of hydrogen-bond donors (Lipinski definition) is 2. The van der Waals surface area contributed by atoms with Gasteiger partial charge in [0, 0.05) is 12.6 Å². The Kier molecular flexibility index (Phi) is 5.37. The topological polar surface area (TPSA) is 72.3 Å². The second-order valence-electron chi connectivity index (χ2n) is 6.05. The normalized spacial score (nSPS) is 22.7. The van der Waals surface area contributed by atoms with Crippen LogP contribution in [0.2, 0.25) is 0 Å². The van der Waals surface area contributed by atoms with E-state index < -0.39 is 11.4 Å². The Labute approximate surface area is 127 Å². The molecular weight excluding hydrogens is 262 g/mol. The summed E-state index contributed by atoms with van der Waals surface area (Å²) >= 11 is 0. The maximum Gasteiger partial charge on any atom is 0.242 e. The minimum Gasteiger partial charge on any atom is -0.368 e. The van der Waals surface area contributed by atoms with E-state index in [1.807, 2.05) is 30.3 Å². The molecule has 0 radical (unpaired) electrons. The Hall–Kier alpha value is -1.39. The number of hydrogen-bond acceptors (Lipinski definition) is 3. The van der Waals surface area contributed by atoms with Crippen LogP contribution in [0.5, 0.6) is 0 Å². The molecule has 2 rings (SSSR count). The van der Waals surface area contributed by atoms with Crippen molar-refractivity contribution in [3.63, 3.8) is 0 Å². The molecule has 1 saturated heterocycles. The molecule has 0 saturated carbocycles. The van der Waals surface area contributed by atoms with Crippen molar-refractivity contribution in [2.24, 2.45) is 11.5 Å². The minimum atomic E-state index is -1.07. The number of amides is 1. The van der Waals surface area contributed by atoms with Crippen molar-refractivity contribution < 1.29 is 4.79 Å². The number of likely N-dealkylation sites (tertiary alicyclic amines) is 1. The Balaban J connectivity index is 2.08. The van der Waals surface area contributed by atoms with Crippen molar-refractivity contribution in [2.75, 3.05) is 13.1 Å². The van der Waals surface area contributed by atoms with E-state index in [2.05, 4.69) is 11.8 Å². The fraction of sp³-hybridized carbons (Fsp3) is 0.588. The predicted molar refractivity (Wildman–Crippen MR) is 85.6 cm³/mol. The lowest BCUT2D eigenvalue weighted by atomic mass is 9.86. The van der Waals surface area contributed by atoms with Gasteiger partial charge in [0.1, 0.15) is 5.54 Å². The van der Waals surface area contributed by atoms with Crippen LogP contribution in [0.3, 0.4) is 0 Å². The number of primary amides is 1. The Morgan fingerprint density at radius 3 is 2.67 bits per heavy atom. The Morgan fingerprint density at radius 1 is 1.33 bits per heavy atom. The van der Waals surface area contributed by atoms with Gasteiger partial charge in [-0.05, 0) is 37.8 Å². The number of benzene rings is 1. The van der Waals surface area contributed by atoms with Crippen molar-refractivity contribution in [1.82, 2.24) is 4.90 Å². The van der Waals surface area contributed by atoms with E-state index in [0.717, 1.165) is 25.1 Å². The van der Waals surface area contributed by atoms with Crippen LogP contribution in [0.25, 0.3) is 0 Å². The number of piperidine rings is 1. The summed E-state index contributed by atoms with van der Waals surface area (Å²) in [6.45, 7) is 4.15. The molecule has 0 aliphatic carbocycles.